The molecule has 1 fully saturated rings. The first kappa shape index (κ1) is 23.7. The van der Waals surface area contributed by atoms with Crippen LogP contribution in [0, 0.1) is 11.7 Å². The van der Waals surface area contributed by atoms with Crippen molar-refractivity contribution in [1.29, 1.82) is 0 Å². The third-order valence-corrected chi connectivity index (χ3v) is 5.42. The molecular weight excluding hydrogens is 411 g/mol. The molecule has 1 aliphatic rings. The standard InChI is InChI=1S/C24H31FN4O3/c1-4-26-23(31)20-15-28(13-17(2)3)16-21(22(20)30)24(32)29-10-8-27(9-11-29)14-18-6-5-7-19(25)12-18/h5-7,12,15-17H,4,8-11,13-14H2,1-3H3,(H,26,31). The number of piperazine rings is 1. The predicted molar refractivity (Wildman–Crippen MR) is 121 cm³/mol. The van der Waals surface area contributed by atoms with Gasteiger partial charge in [0.2, 0.25) is 5.43 Å². The highest BCUT2D eigenvalue weighted by Gasteiger charge is 2.26. The largest absolute Gasteiger partial charge is 0.352 e. The molecule has 3 rings (SSSR count). The molecule has 0 spiro atoms. The van der Waals surface area contributed by atoms with Crippen molar-refractivity contribution in [2.75, 3.05) is 32.7 Å². The molecule has 1 N–H and O–H groups in total. The van der Waals surface area contributed by atoms with Crippen molar-refractivity contribution in [1.82, 2.24) is 19.7 Å². The molecule has 2 amide bonds. The van der Waals surface area contributed by atoms with Crippen molar-refractivity contribution in [2.45, 2.75) is 33.9 Å². The Morgan fingerprint density at radius 2 is 1.78 bits per heavy atom. The first-order valence-corrected chi connectivity index (χ1v) is 11.1. The highest BCUT2D eigenvalue weighted by molar-refractivity contribution is 5.99. The zero-order valence-corrected chi connectivity index (χ0v) is 18.9. The number of nitrogens with zero attached hydrogens (tertiary/aromatic N) is 3. The van der Waals surface area contributed by atoms with E-state index in [1.54, 1.807) is 28.7 Å². The Bertz CT molecular complexity index is 1030. The first-order chi connectivity index (χ1) is 15.3. The van der Waals surface area contributed by atoms with E-state index in [4.69, 9.17) is 0 Å². The van der Waals surface area contributed by atoms with Gasteiger partial charge in [0.1, 0.15) is 16.9 Å². The second-order valence-electron chi connectivity index (χ2n) is 8.56. The van der Waals surface area contributed by atoms with Crippen molar-refractivity contribution in [3.63, 3.8) is 0 Å². The van der Waals surface area contributed by atoms with E-state index < -0.39 is 11.3 Å². The van der Waals surface area contributed by atoms with Crippen LogP contribution < -0.4 is 10.7 Å². The average Bonchev–Trinajstić information content (AvgIpc) is 2.74. The van der Waals surface area contributed by atoms with Gasteiger partial charge in [0.15, 0.2) is 0 Å². The van der Waals surface area contributed by atoms with Gasteiger partial charge in [-0.3, -0.25) is 19.3 Å². The van der Waals surface area contributed by atoms with E-state index in [0.29, 0.717) is 45.8 Å². The van der Waals surface area contributed by atoms with Crippen molar-refractivity contribution >= 4 is 11.8 Å². The van der Waals surface area contributed by atoms with E-state index in [9.17, 15) is 18.8 Å². The Kier molecular flexibility index (Phi) is 7.80. The molecule has 8 heteroatoms. The van der Waals surface area contributed by atoms with Crippen LogP contribution in [0.4, 0.5) is 4.39 Å². The van der Waals surface area contributed by atoms with Crippen LogP contribution in [0.2, 0.25) is 0 Å². The molecule has 0 atom stereocenters. The summed E-state index contributed by atoms with van der Waals surface area (Å²) < 4.78 is 15.2. The maximum atomic E-state index is 13.4. The minimum Gasteiger partial charge on any atom is -0.352 e. The van der Waals surface area contributed by atoms with Crippen molar-refractivity contribution in [3.05, 3.63) is 69.4 Å². The Morgan fingerprint density at radius 3 is 2.41 bits per heavy atom. The molecule has 0 aliphatic carbocycles. The molecule has 0 unspecified atom stereocenters. The number of rotatable bonds is 7. The third-order valence-electron chi connectivity index (χ3n) is 5.42. The molecule has 0 saturated carbocycles. The topological polar surface area (TPSA) is 74.7 Å². The van der Waals surface area contributed by atoms with Crippen LogP contribution in [0.15, 0.2) is 41.5 Å². The lowest BCUT2D eigenvalue weighted by atomic mass is 10.1. The molecule has 0 bridgehead atoms. The summed E-state index contributed by atoms with van der Waals surface area (Å²) in [7, 11) is 0. The molecule has 32 heavy (non-hydrogen) atoms. The molecule has 1 saturated heterocycles. The average molecular weight is 443 g/mol. The number of benzene rings is 1. The van der Waals surface area contributed by atoms with E-state index in [2.05, 4.69) is 10.2 Å². The summed E-state index contributed by atoms with van der Waals surface area (Å²) in [5.74, 6) is -0.802. The summed E-state index contributed by atoms with van der Waals surface area (Å²) in [6, 6.07) is 6.50. The molecule has 1 aliphatic heterocycles. The summed E-state index contributed by atoms with van der Waals surface area (Å²) in [6.45, 7) is 9.61. The summed E-state index contributed by atoms with van der Waals surface area (Å²) in [6.07, 6.45) is 3.09. The lowest BCUT2D eigenvalue weighted by Gasteiger charge is -2.34. The van der Waals surface area contributed by atoms with Gasteiger partial charge >= 0.3 is 0 Å². The zero-order valence-electron chi connectivity index (χ0n) is 18.9. The second kappa shape index (κ2) is 10.5. The van der Waals surface area contributed by atoms with Gasteiger partial charge in [-0.2, -0.15) is 0 Å². The van der Waals surface area contributed by atoms with E-state index in [-0.39, 0.29) is 28.8 Å². The van der Waals surface area contributed by atoms with E-state index in [1.807, 2.05) is 19.9 Å². The monoisotopic (exact) mass is 442 g/mol. The first-order valence-electron chi connectivity index (χ1n) is 11.1. The van der Waals surface area contributed by atoms with Crippen LogP contribution in [-0.4, -0.2) is 58.9 Å². The Morgan fingerprint density at radius 1 is 1.09 bits per heavy atom. The molecular formula is C24H31FN4O3. The van der Waals surface area contributed by atoms with Gasteiger partial charge in [-0.25, -0.2) is 4.39 Å². The minimum absolute atomic E-state index is 0.0110. The van der Waals surface area contributed by atoms with Crippen LogP contribution in [0.5, 0.6) is 0 Å². The number of amides is 2. The number of hydrogen-bond acceptors (Lipinski definition) is 4. The Balaban J connectivity index is 1.76. The fourth-order valence-electron chi connectivity index (χ4n) is 3.90. The van der Waals surface area contributed by atoms with Crippen LogP contribution in [0.1, 0.15) is 47.1 Å². The third kappa shape index (κ3) is 5.82. The van der Waals surface area contributed by atoms with E-state index >= 15 is 0 Å². The molecule has 0 radical (unpaired) electrons. The maximum Gasteiger partial charge on any atom is 0.259 e. The highest BCUT2D eigenvalue weighted by Crippen LogP contribution is 2.13. The van der Waals surface area contributed by atoms with Gasteiger partial charge < -0.3 is 14.8 Å². The van der Waals surface area contributed by atoms with Gasteiger partial charge in [-0.05, 0) is 30.5 Å². The molecule has 1 aromatic heterocycles. The quantitative estimate of drug-likeness (QED) is 0.714. The SMILES string of the molecule is CCNC(=O)c1cn(CC(C)C)cc(C(=O)N2CCN(Cc3cccc(F)c3)CC2)c1=O. The fourth-order valence-corrected chi connectivity index (χ4v) is 3.90. The van der Waals surface area contributed by atoms with Crippen molar-refractivity contribution in [3.8, 4) is 0 Å². The van der Waals surface area contributed by atoms with Gasteiger partial charge in [0.25, 0.3) is 11.8 Å². The Labute approximate surface area is 187 Å². The number of hydrogen-bond donors (Lipinski definition) is 1. The molecule has 2 aromatic rings. The number of carbonyl (C=O) groups excluding carboxylic acids is 2. The number of halogens is 1. The van der Waals surface area contributed by atoms with Crippen LogP contribution in [0.3, 0.4) is 0 Å². The predicted octanol–water partition coefficient (Wildman–Crippen LogP) is 2.35. The molecule has 7 nitrogen and oxygen atoms in total. The Hall–Kier alpha value is -3.00. The number of carbonyl (C=O) groups is 2. The van der Waals surface area contributed by atoms with Gasteiger partial charge in [0, 0.05) is 58.2 Å². The van der Waals surface area contributed by atoms with Crippen LogP contribution >= 0.6 is 0 Å². The number of nitrogens with one attached hydrogen (secondary N) is 1. The number of aromatic nitrogens is 1. The second-order valence-corrected chi connectivity index (χ2v) is 8.56. The summed E-state index contributed by atoms with van der Waals surface area (Å²) in [4.78, 5) is 42.4. The van der Waals surface area contributed by atoms with Crippen molar-refractivity contribution in [2.24, 2.45) is 5.92 Å². The molecule has 1 aromatic carbocycles. The van der Waals surface area contributed by atoms with Gasteiger partial charge in [-0.1, -0.05) is 26.0 Å². The van der Waals surface area contributed by atoms with Crippen molar-refractivity contribution < 1.29 is 14.0 Å². The molecule has 2 heterocycles. The summed E-state index contributed by atoms with van der Waals surface area (Å²) >= 11 is 0. The van der Waals surface area contributed by atoms with E-state index in [0.717, 1.165) is 5.56 Å². The lowest BCUT2D eigenvalue weighted by molar-refractivity contribution is 0.0626. The van der Waals surface area contributed by atoms with Gasteiger partial charge in [-0.15, -0.1) is 0 Å². The van der Waals surface area contributed by atoms with E-state index in [1.165, 1.54) is 18.3 Å². The molecule has 172 valence electrons. The summed E-state index contributed by atoms with van der Waals surface area (Å²) in [5, 5.41) is 2.65. The zero-order chi connectivity index (χ0) is 23.3. The number of pyridine rings is 1. The lowest BCUT2D eigenvalue weighted by Crippen LogP contribution is -2.49. The fraction of sp³-hybridized carbons (Fsp3) is 0.458. The van der Waals surface area contributed by atoms with Crippen LogP contribution in [-0.2, 0) is 13.1 Å². The maximum absolute atomic E-state index is 13.4. The normalized spacial score (nSPS) is 14.6. The minimum atomic E-state index is -0.539. The smallest absolute Gasteiger partial charge is 0.259 e. The highest BCUT2D eigenvalue weighted by atomic mass is 19.1. The van der Waals surface area contributed by atoms with Crippen LogP contribution in [0.25, 0.3) is 0 Å². The van der Waals surface area contributed by atoms with Gasteiger partial charge in [0.05, 0.1) is 0 Å². The summed E-state index contributed by atoms with van der Waals surface area (Å²) in [5.41, 5.74) is 0.357.